The maximum atomic E-state index is 12.7. The second-order valence-corrected chi connectivity index (χ2v) is 13.6. The van der Waals surface area contributed by atoms with Crippen molar-refractivity contribution in [3.05, 3.63) is 88.0 Å². The first-order chi connectivity index (χ1) is 21.6. The fraction of sp³-hybridized carbons (Fsp3) is 0.444. The molecule has 0 N–H and O–H groups in total. The maximum Gasteiger partial charge on any atom is 0.573 e. The molecule has 4 nitrogen and oxygen atoms in total. The number of fused-ring (bicyclic) bond motifs is 1. The van der Waals surface area contributed by atoms with E-state index in [9.17, 15) is 13.2 Å². The van der Waals surface area contributed by atoms with Gasteiger partial charge in [-0.2, -0.15) is 0 Å². The highest BCUT2D eigenvalue weighted by Gasteiger charge is 2.38. The lowest BCUT2D eigenvalue weighted by Crippen LogP contribution is -2.49. The van der Waals surface area contributed by atoms with Crippen molar-refractivity contribution in [2.45, 2.75) is 71.4 Å². The van der Waals surface area contributed by atoms with Gasteiger partial charge in [0.2, 0.25) is 0 Å². The number of hydrogen-bond donors (Lipinski definition) is 0. The molecular weight excluding hydrogens is 618 g/mol. The minimum absolute atomic E-state index is 0.209. The first-order valence-corrected chi connectivity index (χ1v) is 16.7. The van der Waals surface area contributed by atoms with Gasteiger partial charge in [-0.15, -0.1) is 13.2 Å². The van der Waals surface area contributed by atoms with Crippen LogP contribution in [0.5, 0.6) is 5.75 Å². The van der Waals surface area contributed by atoms with Crippen LogP contribution in [0.1, 0.15) is 56.6 Å². The molecule has 2 aliphatic heterocycles. The third kappa shape index (κ3) is 7.65. The van der Waals surface area contributed by atoms with Crippen LogP contribution >= 0.6 is 23.2 Å². The van der Waals surface area contributed by atoms with Gasteiger partial charge in [0, 0.05) is 64.5 Å². The van der Waals surface area contributed by atoms with Crippen LogP contribution in [-0.2, 0) is 19.6 Å². The fourth-order valence-electron chi connectivity index (χ4n) is 7.23. The van der Waals surface area contributed by atoms with Crippen LogP contribution < -0.4 is 4.74 Å². The molecule has 1 aromatic heterocycles. The van der Waals surface area contributed by atoms with Crippen LogP contribution in [0, 0.1) is 5.41 Å². The number of rotatable bonds is 9. The first-order valence-electron chi connectivity index (χ1n) is 16.0. The lowest BCUT2D eigenvalue weighted by Gasteiger charge is -2.48. The van der Waals surface area contributed by atoms with E-state index in [0.29, 0.717) is 5.41 Å². The van der Waals surface area contributed by atoms with Gasteiger partial charge < -0.3 is 9.30 Å². The number of hydrogen-bond acceptors (Lipinski definition) is 3. The third-order valence-electron chi connectivity index (χ3n) is 9.60. The molecule has 6 rings (SSSR count). The molecule has 0 radical (unpaired) electrons. The van der Waals surface area contributed by atoms with Gasteiger partial charge in [-0.25, -0.2) is 0 Å². The Bertz CT molecular complexity index is 1590. The Morgan fingerprint density at radius 3 is 2.29 bits per heavy atom. The number of alkyl halides is 3. The van der Waals surface area contributed by atoms with Crippen molar-refractivity contribution in [1.29, 1.82) is 0 Å². The van der Waals surface area contributed by atoms with Gasteiger partial charge in [0.1, 0.15) is 5.75 Å². The zero-order valence-corrected chi connectivity index (χ0v) is 27.2. The van der Waals surface area contributed by atoms with Crippen LogP contribution in [0.3, 0.4) is 0 Å². The molecule has 0 atom stereocenters. The summed E-state index contributed by atoms with van der Waals surface area (Å²) in [6.45, 7) is 9.01. The highest BCUT2D eigenvalue weighted by molar-refractivity contribution is 6.35. The van der Waals surface area contributed by atoms with Crippen molar-refractivity contribution in [2.24, 2.45) is 5.41 Å². The topological polar surface area (TPSA) is 20.6 Å². The van der Waals surface area contributed by atoms with Crippen molar-refractivity contribution in [2.75, 3.05) is 26.2 Å². The molecule has 1 spiro atoms. The number of benzene rings is 3. The molecule has 45 heavy (non-hydrogen) atoms. The summed E-state index contributed by atoms with van der Waals surface area (Å²) in [5.41, 5.74) is 5.67. The van der Waals surface area contributed by atoms with E-state index in [1.54, 1.807) is 12.1 Å². The molecule has 2 fully saturated rings. The summed E-state index contributed by atoms with van der Waals surface area (Å²) in [4.78, 5) is 5.10. The van der Waals surface area contributed by atoms with Crippen LogP contribution in [-0.4, -0.2) is 46.9 Å². The predicted molar refractivity (Wildman–Crippen MR) is 177 cm³/mol. The standard InChI is InChI=1S/C36H40Cl2F3N3O/c1-2-3-18-44-24-30(27-9-11-28(12-10-27)45-36(39,40)41)29-21-26(8-13-34(29)44)22-43-17-5-14-35(25-43)15-19-42(20-16-35)23-31-32(37)6-4-7-33(31)38/h4,6-13,21,24H,2-3,5,14-20,22-23,25H2,1H3. The lowest BCUT2D eigenvalue weighted by atomic mass is 9.72. The van der Waals surface area contributed by atoms with Gasteiger partial charge in [-0.3, -0.25) is 9.80 Å². The Kier molecular flexibility index (Phi) is 9.72. The SMILES string of the molecule is CCCCn1cc(-c2ccc(OC(F)(F)F)cc2)c2cc(CN3CCCC4(CCN(Cc5c(Cl)cccc5Cl)CC4)C3)ccc21. The molecule has 2 aliphatic rings. The van der Waals surface area contributed by atoms with Crippen LogP contribution in [0.15, 0.2) is 66.9 Å². The van der Waals surface area contributed by atoms with Crippen molar-refractivity contribution in [3.63, 3.8) is 0 Å². The maximum absolute atomic E-state index is 12.7. The van der Waals surface area contributed by atoms with E-state index in [2.05, 4.69) is 50.4 Å². The quantitative estimate of drug-likeness (QED) is 0.179. The number of halogens is 5. The van der Waals surface area contributed by atoms with Crippen molar-refractivity contribution in [3.8, 4) is 16.9 Å². The molecule has 0 amide bonds. The molecule has 0 saturated carbocycles. The number of aromatic nitrogens is 1. The van der Waals surface area contributed by atoms with E-state index >= 15 is 0 Å². The molecule has 3 aromatic carbocycles. The molecule has 0 unspecified atom stereocenters. The Hall–Kier alpha value is -2.71. The number of ether oxygens (including phenoxy) is 1. The second-order valence-electron chi connectivity index (χ2n) is 12.8. The number of nitrogens with zero attached hydrogens (tertiary/aromatic N) is 3. The molecule has 3 heterocycles. The average Bonchev–Trinajstić information content (AvgIpc) is 3.36. The van der Waals surface area contributed by atoms with E-state index in [1.807, 2.05) is 18.2 Å². The largest absolute Gasteiger partial charge is 0.573 e. The van der Waals surface area contributed by atoms with Crippen LogP contribution in [0.25, 0.3) is 22.0 Å². The smallest absolute Gasteiger partial charge is 0.406 e. The number of aryl methyl sites for hydroxylation is 1. The summed E-state index contributed by atoms with van der Waals surface area (Å²) >= 11 is 12.9. The van der Waals surface area contributed by atoms with E-state index in [4.69, 9.17) is 23.2 Å². The Balaban J connectivity index is 1.17. The highest BCUT2D eigenvalue weighted by atomic mass is 35.5. The van der Waals surface area contributed by atoms with E-state index < -0.39 is 6.36 Å². The Labute approximate surface area is 273 Å². The monoisotopic (exact) mass is 657 g/mol. The normalized spacial score (nSPS) is 17.7. The van der Waals surface area contributed by atoms with Crippen molar-refractivity contribution in [1.82, 2.24) is 14.4 Å². The van der Waals surface area contributed by atoms with Gasteiger partial charge in [-0.05, 0) is 105 Å². The van der Waals surface area contributed by atoms with Gasteiger partial charge in [0.15, 0.2) is 0 Å². The zero-order valence-electron chi connectivity index (χ0n) is 25.7. The van der Waals surface area contributed by atoms with Crippen LogP contribution in [0.2, 0.25) is 10.0 Å². The Morgan fingerprint density at radius 2 is 1.60 bits per heavy atom. The summed E-state index contributed by atoms with van der Waals surface area (Å²) in [5, 5.41) is 2.60. The summed E-state index contributed by atoms with van der Waals surface area (Å²) in [6, 6.07) is 18.7. The summed E-state index contributed by atoms with van der Waals surface area (Å²) < 4.78 is 44.6. The number of unbranched alkanes of at least 4 members (excludes halogenated alkanes) is 1. The van der Waals surface area contributed by atoms with Crippen molar-refractivity contribution >= 4 is 34.1 Å². The summed E-state index contributed by atoms with van der Waals surface area (Å²) in [7, 11) is 0. The minimum Gasteiger partial charge on any atom is -0.406 e. The zero-order chi connectivity index (χ0) is 31.6. The van der Waals surface area contributed by atoms with Gasteiger partial charge in [0.05, 0.1) is 0 Å². The second kappa shape index (κ2) is 13.6. The third-order valence-corrected chi connectivity index (χ3v) is 10.3. The van der Waals surface area contributed by atoms with E-state index in [0.717, 1.165) is 96.3 Å². The van der Waals surface area contributed by atoms with Crippen molar-refractivity contribution < 1.29 is 17.9 Å². The minimum atomic E-state index is -4.71. The molecular formula is C36H40Cl2F3N3O. The number of piperidine rings is 2. The van der Waals surface area contributed by atoms with E-state index in [-0.39, 0.29) is 5.75 Å². The predicted octanol–water partition coefficient (Wildman–Crippen LogP) is 10.2. The Morgan fingerprint density at radius 1 is 0.867 bits per heavy atom. The van der Waals surface area contributed by atoms with E-state index in [1.165, 1.54) is 43.4 Å². The van der Waals surface area contributed by atoms with Gasteiger partial charge >= 0.3 is 6.36 Å². The highest BCUT2D eigenvalue weighted by Crippen LogP contribution is 2.41. The molecule has 2 saturated heterocycles. The first kappa shape index (κ1) is 32.2. The summed E-state index contributed by atoms with van der Waals surface area (Å²) in [5.74, 6) is -0.209. The van der Waals surface area contributed by atoms with Crippen LogP contribution in [0.4, 0.5) is 13.2 Å². The molecule has 9 heteroatoms. The van der Waals surface area contributed by atoms with Gasteiger partial charge in [0.25, 0.3) is 0 Å². The average molecular weight is 659 g/mol. The molecule has 0 bridgehead atoms. The number of likely N-dealkylation sites (tertiary alicyclic amines) is 2. The molecule has 240 valence electrons. The fourth-order valence-corrected chi connectivity index (χ4v) is 7.74. The summed E-state index contributed by atoms with van der Waals surface area (Å²) in [6.07, 6.45) is 4.38. The molecule has 0 aliphatic carbocycles. The molecule has 4 aromatic rings. The van der Waals surface area contributed by atoms with Gasteiger partial charge in [-0.1, -0.05) is 60.8 Å². The lowest BCUT2D eigenvalue weighted by molar-refractivity contribution is -0.274.